The van der Waals surface area contributed by atoms with E-state index in [4.69, 9.17) is 8.83 Å². The van der Waals surface area contributed by atoms with Crippen molar-refractivity contribution in [2.75, 3.05) is 6.54 Å². The van der Waals surface area contributed by atoms with E-state index in [-0.39, 0.29) is 6.04 Å². The lowest BCUT2D eigenvalue weighted by atomic mass is 10.00. The molecule has 0 bridgehead atoms. The molecule has 78 valence electrons. The zero-order valence-electron chi connectivity index (χ0n) is 8.62. The molecule has 15 heavy (non-hydrogen) atoms. The van der Waals surface area contributed by atoms with Crippen molar-refractivity contribution in [2.24, 2.45) is 0 Å². The highest BCUT2D eigenvalue weighted by Crippen LogP contribution is 2.31. The van der Waals surface area contributed by atoms with Crippen LogP contribution in [0.1, 0.15) is 28.7 Å². The molecule has 2 aromatic rings. The van der Waals surface area contributed by atoms with Gasteiger partial charge in [-0.3, -0.25) is 0 Å². The molecule has 3 nitrogen and oxygen atoms in total. The van der Waals surface area contributed by atoms with E-state index in [0.717, 1.165) is 30.0 Å². The van der Waals surface area contributed by atoms with E-state index in [1.807, 2.05) is 12.1 Å². The Hall–Kier alpha value is -1.48. The van der Waals surface area contributed by atoms with Crippen LogP contribution in [0, 0.1) is 6.92 Å². The fraction of sp³-hybridized carbons (Fsp3) is 0.333. The van der Waals surface area contributed by atoms with Crippen LogP contribution in [0.15, 0.2) is 33.5 Å². The molecule has 0 fully saturated rings. The van der Waals surface area contributed by atoms with Crippen LogP contribution in [-0.4, -0.2) is 6.54 Å². The Morgan fingerprint density at radius 2 is 2.00 bits per heavy atom. The molecule has 0 aromatic carbocycles. The zero-order chi connectivity index (χ0) is 10.3. The molecular weight excluding hydrogens is 190 g/mol. The van der Waals surface area contributed by atoms with Crippen molar-refractivity contribution in [3.63, 3.8) is 0 Å². The normalized spacial score (nSPS) is 20.2. The predicted molar refractivity (Wildman–Crippen MR) is 55.7 cm³/mol. The first-order valence-electron chi connectivity index (χ1n) is 5.20. The highest BCUT2D eigenvalue weighted by molar-refractivity contribution is 5.32. The van der Waals surface area contributed by atoms with Gasteiger partial charge in [-0.2, -0.15) is 0 Å². The smallest absolute Gasteiger partial charge is 0.131 e. The SMILES string of the molecule is Cc1ccoc1C1NCCc2ccoc21. The molecule has 1 atom stereocenters. The first-order chi connectivity index (χ1) is 7.36. The van der Waals surface area contributed by atoms with Crippen LogP contribution in [0.2, 0.25) is 0 Å². The van der Waals surface area contributed by atoms with Crippen LogP contribution in [0.5, 0.6) is 0 Å². The van der Waals surface area contributed by atoms with Gasteiger partial charge in [0.2, 0.25) is 0 Å². The fourth-order valence-corrected chi connectivity index (χ4v) is 2.14. The van der Waals surface area contributed by atoms with Crippen molar-refractivity contribution in [3.8, 4) is 0 Å². The highest BCUT2D eigenvalue weighted by atomic mass is 16.3. The van der Waals surface area contributed by atoms with Crippen LogP contribution in [0.3, 0.4) is 0 Å². The van der Waals surface area contributed by atoms with E-state index in [9.17, 15) is 0 Å². The monoisotopic (exact) mass is 203 g/mol. The van der Waals surface area contributed by atoms with Crippen LogP contribution in [-0.2, 0) is 6.42 Å². The maximum Gasteiger partial charge on any atom is 0.131 e. The number of aryl methyl sites for hydroxylation is 1. The molecule has 0 aliphatic carbocycles. The number of furan rings is 2. The van der Waals surface area contributed by atoms with Gasteiger partial charge in [0.05, 0.1) is 12.5 Å². The topological polar surface area (TPSA) is 38.3 Å². The third-order valence-corrected chi connectivity index (χ3v) is 2.95. The fourth-order valence-electron chi connectivity index (χ4n) is 2.14. The molecule has 3 heteroatoms. The van der Waals surface area contributed by atoms with E-state index < -0.39 is 0 Å². The first kappa shape index (κ1) is 8.80. The number of hydrogen-bond acceptors (Lipinski definition) is 3. The van der Waals surface area contributed by atoms with Crippen molar-refractivity contribution in [2.45, 2.75) is 19.4 Å². The van der Waals surface area contributed by atoms with Gasteiger partial charge in [-0.15, -0.1) is 0 Å². The van der Waals surface area contributed by atoms with E-state index >= 15 is 0 Å². The second-order valence-electron chi connectivity index (χ2n) is 3.92. The van der Waals surface area contributed by atoms with Gasteiger partial charge in [0.1, 0.15) is 17.6 Å². The van der Waals surface area contributed by atoms with Crippen molar-refractivity contribution < 1.29 is 8.83 Å². The van der Waals surface area contributed by atoms with E-state index in [1.165, 1.54) is 5.56 Å². The van der Waals surface area contributed by atoms with E-state index in [2.05, 4.69) is 12.2 Å². The Labute approximate surface area is 88.1 Å². The molecule has 0 radical (unpaired) electrons. The Kier molecular flexibility index (Phi) is 1.92. The molecule has 1 unspecified atom stereocenters. The number of nitrogens with one attached hydrogen (secondary N) is 1. The molecule has 0 saturated heterocycles. The van der Waals surface area contributed by atoms with Crippen LogP contribution in [0.4, 0.5) is 0 Å². The lowest BCUT2D eigenvalue weighted by molar-refractivity contribution is 0.371. The maximum absolute atomic E-state index is 5.52. The summed E-state index contributed by atoms with van der Waals surface area (Å²) in [6, 6.07) is 4.11. The average Bonchev–Trinajstić information content (AvgIpc) is 2.85. The summed E-state index contributed by atoms with van der Waals surface area (Å²) in [6.45, 7) is 3.02. The van der Waals surface area contributed by atoms with Gasteiger partial charge in [-0.25, -0.2) is 0 Å². The molecule has 2 aromatic heterocycles. The third-order valence-electron chi connectivity index (χ3n) is 2.95. The van der Waals surface area contributed by atoms with E-state index in [1.54, 1.807) is 12.5 Å². The van der Waals surface area contributed by atoms with Gasteiger partial charge in [0.25, 0.3) is 0 Å². The lowest BCUT2D eigenvalue weighted by Crippen LogP contribution is -2.29. The average molecular weight is 203 g/mol. The van der Waals surface area contributed by atoms with Crippen molar-refractivity contribution >= 4 is 0 Å². The quantitative estimate of drug-likeness (QED) is 0.773. The van der Waals surface area contributed by atoms with Crippen LogP contribution >= 0.6 is 0 Å². The summed E-state index contributed by atoms with van der Waals surface area (Å²) in [6.07, 6.45) is 4.51. The summed E-state index contributed by atoms with van der Waals surface area (Å²) in [4.78, 5) is 0. The van der Waals surface area contributed by atoms with Gasteiger partial charge < -0.3 is 14.2 Å². The van der Waals surface area contributed by atoms with E-state index in [0.29, 0.717) is 0 Å². The lowest BCUT2D eigenvalue weighted by Gasteiger charge is -2.21. The van der Waals surface area contributed by atoms with Crippen molar-refractivity contribution in [1.29, 1.82) is 0 Å². The summed E-state index contributed by atoms with van der Waals surface area (Å²) in [5.74, 6) is 1.96. The molecule has 0 saturated carbocycles. The second kappa shape index (κ2) is 3.28. The summed E-state index contributed by atoms with van der Waals surface area (Å²) in [5.41, 5.74) is 2.45. The molecule has 1 aliphatic heterocycles. The number of hydrogen-bond donors (Lipinski definition) is 1. The van der Waals surface area contributed by atoms with Crippen LogP contribution in [0.25, 0.3) is 0 Å². The molecule has 0 amide bonds. The third kappa shape index (κ3) is 1.31. The Balaban J connectivity index is 2.07. The Bertz CT molecular complexity index is 469. The maximum atomic E-state index is 5.52. The first-order valence-corrected chi connectivity index (χ1v) is 5.20. The van der Waals surface area contributed by atoms with Gasteiger partial charge in [-0.05, 0) is 36.6 Å². The summed E-state index contributed by atoms with van der Waals surface area (Å²) in [5, 5.41) is 3.42. The van der Waals surface area contributed by atoms with Crippen LogP contribution < -0.4 is 5.32 Å². The summed E-state index contributed by atoms with van der Waals surface area (Å²) < 4.78 is 11.0. The second-order valence-corrected chi connectivity index (χ2v) is 3.92. The standard InChI is InChI=1S/C12H13NO2/c1-8-3-6-14-11(8)10-12-9(2-5-13-10)4-7-15-12/h3-4,6-7,10,13H,2,5H2,1H3. The summed E-state index contributed by atoms with van der Waals surface area (Å²) >= 11 is 0. The highest BCUT2D eigenvalue weighted by Gasteiger charge is 2.27. The predicted octanol–water partition coefficient (Wildman–Crippen LogP) is 2.42. The Morgan fingerprint density at radius 1 is 1.20 bits per heavy atom. The summed E-state index contributed by atoms with van der Waals surface area (Å²) in [7, 11) is 0. The minimum absolute atomic E-state index is 0.0822. The molecule has 3 heterocycles. The largest absolute Gasteiger partial charge is 0.467 e. The van der Waals surface area contributed by atoms with Gasteiger partial charge in [0.15, 0.2) is 0 Å². The zero-order valence-corrected chi connectivity index (χ0v) is 8.62. The molecular formula is C12H13NO2. The van der Waals surface area contributed by atoms with Gasteiger partial charge >= 0.3 is 0 Å². The van der Waals surface area contributed by atoms with Crippen molar-refractivity contribution in [3.05, 3.63) is 47.3 Å². The molecule has 3 rings (SSSR count). The number of rotatable bonds is 1. The number of fused-ring (bicyclic) bond motifs is 1. The minimum atomic E-state index is 0.0822. The van der Waals surface area contributed by atoms with Crippen molar-refractivity contribution in [1.82, 2.24) is 5.32 Å². The minimum Gasteiger partial charge on any atom is -0.467 e. The Morgan fingerprint density at radius 3 is 2.80 bits per heavy atom. The molecule has 1 N–H and O–H groups in total. The molecule has 1 aliphatic rings. The van der Waals surface area contributed by atoms with Gasteiger partial charge in [0, 0.05) is 6.54 Å². The molecule has 0 spiro atoms. The van der Waals surface area contributed by atoms with Gasteiger partial charge in [-0.1, -0.05) is 0 Å².